The Morgan fingerprint density at radius 1 is 1.10 bits per heavy atom. The van der Waals surface area contributed by atoms with Gasteiger partial charge >= 0.3 is 11.9 Å². The summed E-state index contributed by atoms with van der Waals surface area (Å²) in [4.78, 5) is 38.1. The number of benzene rings is 1. The van der Waals surface area contributed by atoms with Crippen LogP contribution in [0, 0.1) is 11.8 Å². The Labute approximate surface area is 181 Å². The third-order valence-corrected chi connectivity index (χ3v) is 5.77. The number of esters is 2. The summed E-state index contributed by atoms with van der Waals surface area (Å²) < 4.78 is 21.4. The van der Waals surface area contributed by atoms with Crippen molar-refractivity contribution >= 4 is 29.5 Å². The molecule has 1 heterocycles. The second-order valence-corrected chi connectivity index (χ2v) is 7.76. The van der Waals surface area contributed by atoms with Crippen LogP contribution in [0.15, 0.2) is 24.3 Å². The molecule has 0 bridgehead atoms. The summed E-state index contributed by atoms with van der Waals surface area (Å²) in [5.41, 5.74) is 0. The fourth-order valence-corrected chi connectivity index (χ4v) is 4.20. The lowest BCUT2D eigenvalue weighted by Crippen LogP contribution is -2.43. The summed E-state index contributed by atoms with van der Waals surface area (Å²) in [5.74, 6) is -1.52. The minimum Gasteiger partial charge on any atom is -0.493 e. The van der Waals surface area contributed by atoms with Gasteiger partial charge in [-0.15, -0.1) is 11.8 Å². The van der Waals surface area contributed by atoms with E-state index in [1.807, 2.05) is 0 Å². The van der Waals surface area contributed by atoms with Crippen LogP contribution in [-0.4, -0.2) is 62.3 Å². The van der Waals surface area contributed by atoms with Crippen LogP contribution in [-0.2, 0) is 23.9 Å². The number of thioether (sulfide) groups is 1. The number of ketones is 1. The monoisotopic (exact) mass is 439 g/mol. The van der Waals surface area contributed by atoms with Crippen LogP contribution in [0.3, 0.4) is 0 Å². The second kappa shape index (κ2) is 12.4. The first kappa shape index (κ1) is 24.0. The molecule has 0 amide bonds. The normalized spacial score (nSPS) is 17.6. The molecule has 3 unspecified atom stereocenters. The molecular weight excluding hydrogens is 410 g/mol. The van der Waals surface area contributed by atoms with E-state index in [1.165, 1.54) is 18.9 Å². The van der Waals surface area contributed by atoms with E-state index in [0.29, 0.717) is 18.0 Å². The molecule has 1 aliphatic rings. The van der Waals surface area contributed by atoms with Crippen molar-refractivity contribution in [3.05, 3.63) is 24.3 Å². The molecule has 1 fully saturated rings. The van der Waals surface area contributed by atoms with Crippen LogP contribution in [0.1, 0.15) is 20.3 Å². The van der Waals surface area contributed by atoms with Gasteiger partial charge in [-0.05, 0) is 26.0 Å². The number of hydrogen-bond acceptors (Lipinski definition) is 9. The van der Waals surface area contributed by atoms with Gasteiger partial charge in [0.1, 0.15) is 5.37 Å². The quantitative estimate of drug-likeness (QED) is 0.491. The Balaban J connectivity index is 2.28. The maximum Gasteiger partial charge on any atom is 0.310 e. The lowest BCUT2D eigenvalue weighted by molar-refractivity contribution is -0.159. The SMILES string of the molecule is CCOC(=O)CC(C(=O)OCC)C(COc1ccccc1OC)C(=O)C1NCCS1. The van der Waals surface area contributed by atoms with E-state index in [9.17, 15) is 14.4 Å². The highest BCUT2D eigenvalue weighted by Gasteiger charge is 2.41. The Bertz CT molecular complexity index is 721. The number of methoxy groups -OCH3 is 1. The van der Waals surface area contributed by atoms with Crippen molar-refractivity contribution in [3.8, 4) is 11.5 Å². The van der Waals surface area contributed by atoms with Gasteiger partial charge in [-0.2, -0.15) is 0 Å². The van der Waals surface area contributed by atoms with E-state index in [0.717, 1.165) is 5.75 Å². The van der Waals surface area contributed by atoms with Crippen LogP contribution in [0.4, 0.5) is 0 Å². The van der Waals surface area contributed by atoms with Gasteiger partial charge in [0, 0.05) is 12.3 Å². The van der Waals surface area contributed by atoms with Gasteiger partial charge in [0.15, 0.2) is 17.3 Å². The van der Waals surface area contributed by atoms with Crippen LogP contribution in [0.2, 0.25) is 0 Å². The molecule has 0 aliphatic carbocycles. The van der Waals surface area contributed by atoms with Gasteiger partial charge < -0.3 is 18.9 Å². The zero-order valence-electron chi connectivity index (χ0n) is 17.6. The molecule has 1 aromatic rings. The minimum absolute atomic E-state index is 0.0964. The standard InChI is InChI=1S/C21H29NO7S/c1-4-27-18(23)12-14(21(25)28-5-2)15(19(24)20-22-10-11-30-20)13-29-17-9-7-6-8-16(17)26-3/h6-9,14-15,20,22H,4-5,10-13H2,1-3H3. The van der Waals surface area contributed by atoms with Crippen molar-refractivity contribution < 1.29 is 33.3 Å². The number of ether oxygens (including phenoxy) is 4. The van der Waals surface area contributed by atoms with E-state index < -0.39 is 29.1 Å². The summed E-state index contributed by atoms with van der Waals surface area (Å²) >= 11 is 1.47. The number of para-hydroxylation sites is 2. The lowest BCUT2D eigenvalue weighted by atomic mass is 9.86. The average Bonchev–Trinajstić information content (AvgIpc) is 3.28. The number of carbonyl (C=O) groups excluding carboxylic acids is 3. The maximum atomic E-state index is 13.3. The fraction of sp³-hybridized carbons (Fsp3) is 0.571. The molecule has 9 heteroatoms. The Morgan fingerprint density at radius 3 is 2.40 bits per heavy atom. The molecule has 2 rings (SSSR count). The van der Waals surface area contributed by atoms with Crippen molar-refractivity contribution in [2.45, 2.75) is 25.6 Å². The van der Waals surface area contributed by atoms with Crippen LogP contribution in [0.5, 0.6) is 11.5 Å². The van der Waals surface area contributed by atoms with Crippen LogP contribution >= 0.6 is 11.8 Å². The Kier molecular flexibility index (Phi) is 9.96. The molecule has 1 saturated heterocycles. The largest absolute Gasteiger partial charge is 0.493 e. The number of hydrogen-bond donors (Lipinski definition) is 1. The number of carbonyl (C=O) groups is 3. The van der Waals surface area contributed by atoms with Crippen molar-refractivity contribution in [2.75, 3.05) is 39.2 Å². The van der Waals surface area contributed by atoms with Crippen LogP contribution < -0.4 is 14.8 Å². The van der Waals surface area contributed by atoms with Gasteiger partial charge in [0.25, 0.3) is 0 Å². The highest BCUT2D eigenvalue weighted by Crippen LogP contribution is 2.30. The molecule has 1 aliphatic heterocycles. The highest BCUT2D eigenvalue weighted by molar-refractivity contribution is 8.00. The lowest BCUT2D eigenvalue weighted by Gasteiger charge is -2.26. The van der Waals surface area contributed by atoms with Gasteiger partial charge in [-0.25, -0.2) is 0 Å². The molecule has 0 radical (unpaired) electrons. The first-order chi connectivity index (χ1) is 14.5. The Hall–Kier alpha value is -2.26. The van der Waals surface area contributed by atoms with Crippen LogP contribution in [0.25, 0.3) is 0 Å². The average molecular weight is 440 g/mol. The smallest absolute Gasteiger partial charge is 0.310 e. The minimum atomic E-state index is -1.01. The molecule has 30 heavy (non-hydrogen) atoms. The highest BCUT2D eigenvalue weighted by atomic mass is 32.2. The molecule has 0 spiro atoms. The molecular formula is C21H29NO7S. The zero-order valence-corrected chi connectivity index (χ0v) is 18.4. The molecule has 1 aromatic carbocycles. The molecule has 3 atom stereocenters. The summed E-state index contributed by atoms with van der Waals surface area (Å²) in [7, 11) is 1.52. The van der Waals surface area contributed by atoms with Gasteiger partial charge in [-0.1, -0.05) is 12.1 Å². The summed E-state index contributed by atoms with van der Waals surface area (Å²) in [6.07, 6.45) is -0.254. The predicted octanol–water partition coefficient (Wildman–Crippen LogP) is 2.05. The van der Waals surface area contributed by atoms with Gasteiger partial charge in [0.05, 0.1) is 45.2 Å². The predicted molar refractivity (Wildman–Crippen MR) is 113 cm³/mol. The number of Topliss-reactive ketones (excluding diaryl/α,β-unsaturated/α-hetero) is 1. The third kappa shape index (κ3) is 6.63. The van der Waals surface area contributed by atoms with E-state index in [-0.39, 0.29) is 32.0 Å². The first-order valence-corrected chi connectivity index (χ1v) is 11.0. The molecule has 8 nitrogen and oxygen atoms in total. The Morgan fingerprint density at radius 2 is 1.80 bits per heavy atom. The summed E-state index contributed by atoms with van der Waals surface area (Å²) in [6.45, 7) is 4.29. The van der Waals surface area contributed by atoms with E-state index in [4.69, 9.17) is 18.9 Å². The van der Waals surface area contributed by atoms with E-state index in [1.54, 1.807) is 38.1 Å². The molecule has 166 valence electrons. The second-order valence-electron chi connectivity index (χ2n) is 6.54. The maximum absolute atomic E-state index is 13.3. The first-order valence-electron chi connectivity index (χ1n) is 9.98. The fourth-order valence-electron chi connectivity index (χ4n) is 3.16. The van der Waals surface area contributed by atoms with Crippen molar-refractivity contribution in [3.63, 3.8) is 0 Å². The molecule has 0 aromatic heterocycles. The third-order valence-electron chi connectivity index (χ3n) is 4.59. The zero-order chi connectivity index (χ0) is 21.9. The van der Waals surface area contributed by atoms with E-state index in [2.05, 4.69) is 5.32 Å². The van der Waals surface area contributed by atoms with Gasteiger partial charge in [0.2, 0.25) is 0 Å². The topological polar surface area (TPSA) is 100 Å². The van der Waals surface area contributed by atoms with E-state index >= 15 is 0 Å². The molecule has 1 N–H and O–H groups in total. The number of rotatable bonds is 12. The summed E-state index contributed by atoms with van der Waals surface area (Å²) in [5, 5.41) is 2.66. The van der Waals surface area contributed by atoms with Crippen molar-refractivity contribution in [1.29, 1.82) is 0 Å². The number of nitrogens with one attached hydrogen (secondary N) is 1. The van der Waals surface area contributed by atoms with Gasteiger partial charge in [-0.3, -0.25) is 19.7 Å². The summed E-state index contributed by atoms with van der Waals surface area (Å²) in [6, 6.07) is 7.04. The molecule has 0 saturated carbocycles. The van der Waals surface area contributed by atoms with Crippen molar-refractivity contribution in [1.82, 2.24) is 5.32 Å². The van der Waals surface area contributed by atoms with Crippen molar-refractivity contribution in [2.24, 2.45) is 11.8 Å².